The molecule has 0 bridgehead atoms. The molecule has 3 atom stereocenters. The van der Waals surface area contributed by atoms with Crippen LogP contribution in [0.4, 0.5) is 0 Å². The Bertz CT molecular complexity index is 654. The van der Waals surface area contributed by atoms with Gasteiger partial charge in [0.1, 0.15) is 0 Å². The summed E-state index contributed by atoms with van der Waals surface area (Å²) in [4.78, 5) is 12.9. The number of allylic oxidation sites excluding steroid dienone is 1. The van der Waals surface area contributed by atoms with Crippen LogP contribution in [-0.4, -0.2) is 30.5 Å². The molecule has 0 spiro atoms. The Morgan fingerprint density at radius 2 is 1.97 bits per heavy atom. The minimum atomic E-state index is -0.430. The van der Waals surface area contributed by atoms with Gasteiger partial charge >= 0.3 is 0 Å². The average Bonchev–Trinajstić information content (AvgIpc) is 2.77. The van der Waals surface area contributed by atoms with Crippen LogP contribution in [0.1, 0.15) is 57.4 Å². The Kier molecular flexibility index (Phi) is 8.56. The molecule has 1 aromatic carbocycles. The number of ether oxygens (including phenoxy) is 2. The first-order chi connectivity index (χ1) is 14.2. The van der Waals surface area contributed by atoms with E-state index >= 15 is 0 Å². The Morgan fingerprint density at radius 1 is 1.21 bits per heavy atom. The van der Waals surface area contributed by atoms with Gasteiger partial charge in [0, 0.05) is 25.7 Å². The van der Waals surface area contributed by atoms with Crippen LogP contribution in [0.25, 0.3) is 0 Å². The Morgan fingerprint density at radius 3 is 2.66 bits per heavy atom. The van der Waals surface area contributed by atoms with Crippen molar-refractivity contribution in [3.05, 3.63) is 47.7 Å². The summed E-state index contributed by atoms with van der Waals surface area (Å²) in [6.07, 6.45) is 9.36. The summed E-state index contributed by atoms with van der Waals surface area (Å²) < 4.78 is 12.0. The van der Waals surface area contributed by atoms with Crippen LogP contribution >= 0.6 is 0 Å². The third kappa shape index (κ3) is 6.06. The van der Waals surface area contributed by atoms with Crippen molar-refractivity contribution in [1.82, 2.24) is 5.32 Å². The molecule has 0 unspecified atom stereocenters. The topological polar surface area (TPSA) is 67.8 Å². The summed E-state index contributed by atoms with van der Waals surface area (Å²) in [6, 6.07) is 9.89. The van der Waals surface area contributed by atoms with Gasteiger partial charge < -0.3 is 19.9 Å². The van der Waals surface area contributed by atoms with E-state index in [1.165, 1.54) is 32.1 Å². The third-order valence-electron chi connectivity index (χ3n) is 6.17. The van der Waals surface area contributed by atoms with Crippen LogP contribution in [0.5, 0.6) is 0 Å². The zero-order chi connectivity index (χ0) is 20.5. The number of benzene rings is 1. The monoisotopic (exact) mass is 401 g/mol. The number of aliphatic hydroxyl groups excluding tert-OH is 1. The van der Waals surface area contributed by atoms with Crippen molar-refractivity contribution >= 4 is 5.91 Å². The van der Waals surface area contributed by atoms with E-state index in [9.17, 15) is 9.90 Å². The van der Waals surface area contributed by atoms with E-state index in [1.54, 1.807) is 0 Å². The van der Waals surface area contributed by atoms with Crippen LogP contribution < -0.4 is 5.32 Å². The zero-order valence-electron chi connectivity index (χ0n) is 17.5. The second-order valence-electron chi connectivity index (χ2n) is 8.15. The van der Waals surface area contributed by atoms with E-state index in [0.717, 1.165) is 18.4 Å². The molecular weight excluding hydrogens is 366 g/mol. The molecule has 2 aliphatic rings. The van der Waals surface area contributed by atoms with E-state index in [-0.39, 0.29) is 24.3 Å². The summed E-state index contributed by atoms with van der Waals surface area (Å²) in [5.41, 5.74) is 1.06. The SMILES string of the molecule is CCO[C@@H]1OC(C(=O)NCc2ccccc2)=C[C@H](C2CCCCC2)[C@@H]1CCCO. The van der Waals surface area contributed by atoms with Gasteiger partial charge in [-0.3, -0.25) is 4.79 Å². The molecule has 0 radical (unpaired) electrons. The minimum Gasteiger partial charge on any atom is -0.459 e. The summed E-state index contributed by atoms with van der Waals surface area (Å²) >= 11 is 0. The van der Waals surface area contributed by atoms with E-state index in [1.807, 2.05) is 43.3 Å². The van der Waals surface area contributed by atoms with E-state index in [4.69, 9.17) is 9.47 Å². The van der Waals surface area contributed by atoms with Crippen LogP contribution in [0.2, 0.25) is 0 Å². The summed E-state index contributed by atoms with van der Waals surface area (Å²) in [5.74, 6) is 1.19. The highest BCUT2D eigenvalue weighted by Gasteiger charge is 2.40. The number of carbonyl (C=O) groups is 1. The first-order valence-electron chi connectivity index (χ1n) is 11.2. The zero-order valence-corrected chi connectivity index (χ0v) is 17.5. The van der Waals surface area contributed by atoms with Crippen molar-refractivity contribution in [2.24, 2.45) is 17.8 Å². The van der Waals surface area contributed by atoms with E-state index < -0.39 is 6.29 Å². The number of rotatable bonds is 9. The van der Waals surface area contributed by atoms with Gasteiger partial charge in [-0.25, -0.2) is 0 Å². The highest BCUT2D eigenvalue weighted by atomic mass is 16.7. The highest BCUT2D eigenvalue weighted by Crippen LogP contribution is 2.42. The van der Waals surface area contributed by atoms with Crippen molar-refractivity contribution in [2.45, 2.75) is 64.7 Å². The molecule has 3 rings (SSSR count). The smallest absolute Gasteiger partial charge is 0.286 e. The standard InChI is InChI=1S/C24H35NO4/c1-2-28-24-20(14-9-15-26)21(19-12-7-4-8-13-19)16-22(29-24)23(27)25-17-18-10-5-3-6-11-18/h3,5-6,10-11,16,19-21,24,26H,2,4,7-9,12-15,17H2,1H3,(H,25,27)/t20-,21+,24+/m0/s1. The molecule has 5 heteroatoms. The third-order valence-corrected chi connectivity index (χ3v) is 6.17. The molecule has 2 N–H and O–H groups in total. The molecule has 1 aromatic rings. The molecule has 1 heterocycles. The Balaban J connectivity index is 1.76. The molecule has 5 nitrogen and oxygen atoms in total. The van der Waals surface area contributed by atoms with Crippen molar-refractivity contribution in [3.63, 3.8) is 0 Å². The number of aliphatic hydroxyl groups is 1. The van der Waals surface area contributed by atoms with Crippen LogP contribution in [0.15, 0.2) is 42.2 Å². The first kappa shape index (κ1) is 21.8. The molecule has 160 valence electrons. The van der Waals surface area contributed by atoms with Crippen molar-refractivity contribution in [1.29, 1.82) is 0 Å². The highest BCUT2D eigenvalue weighted by molar-refractivity contribution is 5.91. The fourth-order valence-corrected chi connectivity index (χ4v) is 4.71. The van der Waals surface area contributed by atoms with Crippen LogP contribution in [0.3, 0.4) is 0 Å². The maximum Gasteiger partial charge on any atom is 0.286 e. The first-order valence-corrected chi connectivity index (χ1v) is 11.2. The fraction of sp³-hybridized carbons (Fsp3) is 0.625. The van der Waals surface area contributed by atoms with Gasteiger partial charge in [-0.2, -0.15) is 0 Å². The number of hydrogen-bond donors (Lipinski definition) is 2. The van der Waals surface area contributed by atoms with Crippen molar-refractivity contribution in [3.8, 4) is 0 Å². The summed E-state index contributed by atoms with van der Waals surface area (Å²) in [7, 11) is 0. The van der Waals surface area contributed by atoms with Gasteiger partial charge in [0.15, 0.2) is 5.76 Å². The molecule has 0 saturated heterocycles. The predicted octanol–water partition coefficient (Wildman–Crippen LogP) is 4.16. The molecule has 1 fully saturated rings. The molecule has 1 saturated carbocycles. The second-order valence-corrected chi connectivity index (χ2v) is 8.15. The fourth-order valence-electron chi connectivity index (χ4n) is 4.71. The molecule has 29 heavy (non-hydrogen) atoms. The normalized spacial score (nSPS) is 25.2. The average molecular weight is 402 g/mol. The van der Waals surface area contributed by atoms with Crippen LogP contribution in [0, 0.1) is 17.8 Å². The summed E-state index contributed by atoms with van der Waals surface area (Å²) in [6.45, 7) is 3.13. The van der Waals surface area contributed by atoms with Gasteiger partial charge in [0.2, 0.25) is 6.29 Å². The van der Waals surface area contributed by atoms with Crippen LogP contribution in [-0.2, 0) is 20.8 Å². The lowest BCUT2D eigenvalue weighted by atomic mass is 9.71. The van der Waals surface area contributed by atoms with Gasteiger partial charge in [0.05, 0.1) is 0 Å². The van der Waals surface area contributed by atoms with E-state index in [0.29, 0.717) is 24.8 Å². The maximum atomic E-state index is 12.9. The van der Waals surface area contributed by atoms with E-state index in [2.05, 4.69) is 5.32 Å². The molecule has 0 aromatic heterocycles. The Labute approximate surface area is 174 Å². The summed E-state index contributed by atoms with van der Waals surface area (Å²) in [5, 5.41) is 12.4. The lowest BCUT2D eigenvalue weighted by Crippen LogP contribution is -2.42. The predicted molar refractivity (Wildman–Crippen MR) is 113 cm³/mol. The number of amides is 1. The van der Waals surface area contributed by atoms with Gasteiger partial charge in [-0.1, -0.05) is 49.6 Å². The van der Waals surface area contributed by atoms with Gasteiger partial charge in [-0.15, -0.1) is 0 Å². The number of hydrogen-bond acceptors (Lipinski definition) is 4. The quantitative estimate of drug-likeness (QED) is 0.652. The second kappa shape index (κ2) is 11.4. The number of nitrogens with one attached hydrogen (secondary N) is 1. The van der Waals surface area contributed by atoms with Gasteiger partial charge in [0.25, 0.3) is 5.91 Å². The Hall–Kier alpha value is -1.85. The lowest BCUT2D eigenvalue weighted by molar-refractivity contribution is -0.177. The van der Waals surface area contributed by atoms with Gasteiger partial charge in [-0.05, 0) is 56.1 Å². The molecular formula is C24H35NO4. The minimum absolute atomic E-state index is 0.168. The molecule has 1 aliphatic heterocycles. The van der Waals surface area contributed by atoms with Crippen molar-refractivity contribution in [2.75, 3.05) is 13.2 Å². The largest absolute Gasteiger partial charge is 0.459 e. The maximum absolute atomic E-state index is 12.9. The lowest BCUT2D eigenvalue weighted by Gasteiger charge is -2.41. The van der Waals surface area contributed by atoms with Crippen molar-refractivity contribution < 1.29 is 19.4 Å². The molecule has 1 aliphatic carbocycles. The number of carbonyl (C=O) groups excluding carboxylic acids is 1. The molecule has 1 amide bonds.